The first kappa shape index (κ1) is 17.3. The number of ether oxygens (including phenoxy) is 1. The highest BCUT2D eigenvalue weighted by molar-refractivity contribution is 5.80. The summed E-state index contributed by atoms with van der Waals surface area (Å²) in [6.45, 7) is 2.68. The van der Waals surface area contributed by atoms with Crippen molar-refractivity contribution in [3.05, 3.63) is 17.0 Å². The summed E-state index contributed by atoms with van der Waals surface area (Å²) < 4.78 is 43.6. The first-order valence-corrected chi connectivity index (χ1v) is 7.09. The summed E-state index contributed by atoms with van der Waals surface area (Å²) in [5, 5.41) is 12.9. The summed E-state index contributed by atoms with van der Waals surface area (Å²) in [6.07, 6.45) is -4.45. The van der Waals surface area contributed by atoms with E-state index in [-0.39, 0.29) is 18.9 Å². The maximum absolute atomic E-state index is 12.5. The van der Waals surface area contributed by atoms with Crippen LogP contribution in [0.1, 0.15) is 17.0 Å². The largest absolute Gasteiger partial charge is 0.408 e. The zero-order valence-corrected chi connectivity index (χ0v) is 12.9. The normalized spacial score (nSPS) is 18.8. The number of nitriles is 1. The smallest absolute Gasteiger partial charge is 0.376 e. The first-order valence-electron chi connectivity index (χ1n) is 7.09. The van der Waals surface area contributed by atoms with Gasteiger partial charge >= 0.3 is 6.18 Å². The number of hydrogen-bond donors (Lipinski definition) is 0. The number of carbonyl (C=O) groups is 1. The van der Waals surface area contributed by atoms with Crippen molar-refractivity contribution >= 4 is 5.91 Å². The third-order valence-electron chi connectivity index (χ3n) is 3.79. The van der Waals surface area contributed by atoms with Crippen molar-refractivity contribution in [3.8, 4) is 6.07 Å². The predicted octanol–water partition coefficient (Wildman–Crippen LogP) is 1.36. The van der Waals surface area contributed by atoms with Crippen molar-refractivity contribution < 1.29 is 22.7 Å². The second-order valence-electron chi connectivity index (χ2n) is 5.41. The van der Waals surface area contributed by atoms with Crippen LogP contribution in [0, 0.1) is 25.2 Å². The van der Waals surface area contributed by atoms with Gasteiger partial charge in [-0.3, -0.25) is 9.48 Å². The molecule has 0 radical (unpaired) electrons. The number of nitrogens with zero attached hydrogens (tertiary/aromatic N) is 4. The molecule has 1 fully saturated rings. The minimum Gasteiger partial charge on any atom is -0.376 e. The number of aromatic nitrogens is 2. The van der Waals surface area contributed by atoms with E-state index in [4.69, 9.17) is 10.00 Å². The van der Waals surface area contributed by atoms with Crippen LogP contribution in [0.25, 0.3) is 0 Å². The van der Waals surface area contributed by atoms with Crippen LogP contribution in [0.3, 0.4) is 0 Å². The molecule has 0 aromatic carbocycles. The van der Waals surface area contributed by atoms with Gasteiger partial charge in [0.1, 0.15) is 12.6 Å². The van der Waals surface area contributed by atoms with E-state index in [0.29, 0.717) is 30.1 Å². The number of amides is 1. The van der Waals surface area contributed by atoms with E-state index >= 15 is 0 Å². The second kappa shape index (κ2) is 6.58. The van der Waals surface area contributed by atoms with Crippen LogP contribution in [0.2, 0.25) is 0 Å². The molecule has 1 atom stereocenters. The molecule has 9 heteroatoms. The van der Waals surface area contributed by atoms with Crippen LogP contribution >= 0.6 is 0 Å². The fraction of sp³-hybridized carbons (Fsp3) is 0.643. The Morgan fingerprint density at radius 2 is 2.17 bits per heavy atom. The summed E-state index contributed by atoms with van der Waals surface area (Å²) in [7, 11) is 0. The maximum atomic E-state index is 12.5. The van der Waals surface area contributed by atoms with Gasteiger partial charge in [0, 0.05) is 17.8 Å². The van der Waals surface area contributed by atoms with E-state index in [9.17, 15) is 18.0 Å². The molecule has 23 heavy (non-hydrogen) atoms. The van der Waals surface area contributed by atoms with Crippen molar-refractivity contribution in [1.82, 2.24) is 14.7 Å². The number of hydrogen-bond acceptors (Lipinski definition) is 4. The van der Waals surface area contributed by atoms with Crippen LogP contribution in [0.5, 0.6) is 0 Å². The quantitative estimate of drug-likeness (QED) is 0.839. The van der Waals surface area contributed by atoms with Gasteiger partial charge in [-0.05, 0) is 13.8 Å². The van der Waals surface area contributed by atoms with Crippen molar-refractivity contribution in [2.75, 3.05) is 19.8 Å². The SMILES string of the molecule is Cc1nn(CC(F)(F)F)c(C)c1CC(=O)N1CCOCC1C#N. The van der Waals surface area contributed by atoms with Gasteiger partial charge in [-0.25, -0.2) is 0 Å². The summed E-state index contributed by atoms with van der Waals surface area (Å²) in [5.41, 5.74) is 1.18. The fourth-order valence-electron chi connectivity index (χ4n) is 2.58. The predicted molar refractivity (Wildman–Crippen MR) is 73.4 cm³/mol. The lowest BCUT2D eigenvalue weighted by Crippen LogP contribution is -2.48. The standard InChI is InChI=1S/C14H17F3N4O2/c1-9-12(10(2)21(19-9)8-14(15,16)17)5-13(22)20-3-4-23-7-11(20)6-18/h11H,3-5,7-8H2,1-2H3. The Morgan fingerprint density at radius 1 is 1.48 bits per heavy atom. The minimum absolute atomic E-state index is 0.0757. The van der Waals surface area contributed by atoms with Gasteiger partial charge in [0.2, 0.25) is 5.91 Å². The molecular formula is C14H17F3N4O2. The van der Waals surface area contributed by atoms with E-state index < -0.39 is 18.8 Å². The number of carbonyl (C=O) groups excluding carboxylic acids is 1. The average Bonchev–Trinajstić information content (AvgIpc) is 2.72. The highest BCUT2D eigenvalue weighted by atomic mass is 19.4. The third-order valence-corrected chi connectivity index (χ3v) is 3.79. The molecule has 0 N–H and O–H groups in total. The molecule has 1 unspecified atom stereocenters. The third kappa shape index (κ3) is 4.01. The Bertz CT molecular complexity index is 633. The van der Waals surface area contributed by atoms with E-state index in [2.05, 4.69) is 5.10 Å². The van der Waals surface area contributed by atoms with Crippen LogP contribution in [-0.2, 0) is 22.5 Å². The molecule has 0 spiro atoms. The molecular weight excluding hydrogens is 313 g/mol. The molecule has 1 aromatic rings. The maximum Gasteiger partial charge on any atom is 0.408 e. The summed E-state index contributed by atoms with van der Waals surface area (Å²) in [5.74, 6) is -0.308. The van der Waals surface area contributed by atoms with Gasteiger partial charge < -0.3 is 9.64 Å². The molecule has 0 saturated carbocycles. The molecule has 2 rings (SSSR count). The van der Waals surface area contributed by atoms with Crippen LogP contribution < -0.4 is 0 Å². The topological polar surface area (TPSA) is 71.2 Å². The highest BCUT2D eigenvalue weighted by Gasteiger charge is 2.31. The lowest BCUT2D eigenvalue weighted by atomic mass is 10.1. The van der Waals surface area contributed by atoms with Crippen LogP contribution in [0.4, 0.5) is 13.2 Å². The monoisotopic (exact) mass is 330 g/mol. The zero-order chi connectivity index (χ0) is 17.2. The number of halogens is 3. The molecule has 0 aliphatic carbocycles. The Kier molecular flexibility index (Phi) is 4.94. The Balaban J connectivity index is 2.16. The van der Waals surface area contributed by atoms with Crippen LogP contribution in [-0.4, -0.2) is 52.6 Å². The highest BCUT2D eigenvalue weighted by Crippen LogP contribution is 2.22. The van der Waals surface area contributed by atoms with E-state index in [1.807, 2.05) is 6.07 Å². The molecule has 0 bridgehead atoms. The molecule has 1 saturated heterocycles. The summed E-state index contributed by atoms with van der Waals surface area (Å²) in [6, 6.07) is 1.33. The van der Waals surface area contributed by atoms with Gasteiger partial charge in [-0.1, -0.05) is 0 Å². The lowest BCUT2D eigenvalue weighted by molar-refractivity contribution is -0.143. The van der Waals surface area contributed by atoms with Crippen molar-refractivity contribution in [2.45, 2.75) is 39.0 Å². The van der Waals surface area contributed by atoms with E-state index in [0.717, 1.165) is 4.68 Å². The lowest BCUT2D eigenvalue weighted by Gasteiger charge is -2.31. The summed E-state index contributed by atoms with van der Waals surface area (Å²) >= 11 is 0. The van der Waals surface area contributed by atoms with Crippen LogP contribution in [0.15, 0.2) is 0 Å². The Labute approximate surface area is 131 Å². The average molecular weight is 330 g/mol. The molecule has 1 aliphatic rings. The Hall–Kier alpha value is -2.08. The molecule has 1 amide bonds. The molecule has 1 aliphatic heterocycles. The van der Waals surface area contributed by atoms with Gasteiger partial charge in [0.25, 0.3) is 0 Å². The van der Waals surface area contributed by atoms with Gasteiger partial charge in [-0.15, -0.1) is 0 Å². The number of aryl methyl sites for hydroxylation is 1. The van der Waals surface area contributed by atoms with Crippen molar-refractivity contribution in [3.63, 3.8) is 0 Å². The van der Waals surface area contributed by atoms with Gasteiger partial charge in [-0.2, -0.15) is 23.5 Å². The fourth-order valence-corrected chi connectivity index (χ4v) is 2.58. The molecule has 1 aromatic heterocycles. The molecule has 126 valence electrons. The van der Waals surface area contributed by atoms with E-state index in [1.165, 1.54) is 11.8 Å². The number of rotatable bonds is 3. The minimum atomic E-state index is -4.37. The molecule has 6 nitrogen and oxygen atoms in total. The van der Waals surface area contributed by atoms with Gasteiger partial charge in [0.15, 0.2) is 0 Å². The number of alkyl halides is 3. The zero-order valence-electron chi connectivity index (χ0n) is 12.9. The van der Waals surface area contributed by atoms with E-state index in [1.54, 1.807) is 6.92 Å². The Morgan fingerprint density at radius 3 is 2.78 bits per heavy atom. The number of morpholine rings is 1. The first-order chi connectivity index (χ1) is 10.7. The van der Waals surface area contributed by atoms with Crippen molar-refractivity contribution in [2.24, 2.45) is 0 Å². The molecule has 2 heterocycles. The summed E-state index contributed by atoms with van der Waals surface area (Å²) in [4.78, 5) is 13.8. The van der Waals surface area contributed by atoms with Crippen molar-refractivity contribution in [1.29, 1.82) is 5.26 Å². The second-order valence-corrected chi connectivity index (χ2v) is 5.41. The van der Waals surface area contributed by atoms with Gasteiger partial charge in [0.05, 0.1) is 31.4 Å².